The molecular weight excluding hydrogens is 407 g/mol. The second-order valence-electron chi connectivity index (χ2n) is 5.48. The first-order chi connectivity index (χ1) is 12.7. The molecule has 0 spiro atoms. The molecule has 1 aliphatic heterocycles. The number of alkyl halides is 3. The van der Waals surface area contributed by atoms with E-state index in [9.17, 15) is 18.0 Å². The summed E-state index contributed by atoms with van der Waals surface area (Å²) in [5, 5.41) is 15.8. The minimum atomic E-state index is -4.61. The van der Waals surface area contributed by atoms with E-state index in [1.165, 1.54) is 23.5 Å². The molecule has 3 rings (SSSR count). The SMILES string of the molecule is Cc1nnc(NC(=O)COC2CC(C(F)(F)F)=NN2c2ccccc2Cl)s1. The normalized spacial score (nSPS) is 17.1. The highest BCUT2D eigenvalue weighted by Gasteiger charge is 2.44. The van der Waals surface area contributed by atoms with Gasteiger partial charge in [-0.2, -0.15) is 18.3 Å². The van der Waals surface area contributed by atoms with Gasteiger partial charge in [-0.15, -0.1) is 10.2 Å². The maximum atomic E-state index is 13.1. The number of hydrogen-bond donors (Lipinski definition) is 1. The van der Waals surface area contributed by atoms with E-state index >= 15 is 0 Å². The topological polar surface area (TPSA) is 79.7 Å². The van der Waals surface area contributed by atoms with E-state index in [0.717, 1.165) is 5.01 Å². The number of amides is 1. The largest absolute Gasteiger partial charge is 0.431 e. The molecule has 1 N–H and O–H groups in total. The van der Waals surface area contributed by atoms with Gasteiger partial charge >= 0.3 is 6.18 Å². The van der Waals surface area contributed by atoms with Gasteiger partial charge in [-0.1, -0.05) is 35.1 Å². The van der Waals surface area contributed by atoms with Crippen molar-refractivity contribution in [3.8, 4) is 0 Å². The molecule has 1 aromatic heterocycles. The molecule has 27 heavy (non-hydrogen) atoms. The van der Waals surface area contributed by atoms with E-state index < -0.39 is 37.1 Å². The number of carbonyl (C=O) groups is 1. The fraction of sp³-hybridized carbons (Fsp3) is 0.333. The Kier molecular flexibility index (Phi) is 5.63. The number of nitrogens with one attached hydrogen (secondary N) is 1. The number of halogens is 4. The Bertz CT molecular complexity index is 873. The van der Waals surface area contributed by atoms with Crippen LogP contribution in [-0.2, 0) is 9.53 Å². The predicted molar refractivity (Wildman–Crippen MR) is 95.1 cm³/mol. The summed E-state index contributed by atoms with van der Waals surface area (Å²) in [6.07, 6.45) is -6.26. The number of rotatable bonds is 5. The molecule has 2 aromatic rings. The van der Waals surface area contributed by atoms with Crippen molar-refractivity contribution in [2.24, 2.45) is 5.10 Å². The van der Waals surface area contributed by atoms with Gasteiger partial charge in [0.05, 0.1) is 10.7 Å². The molecule has 1 amide bonds. The number of anilines is 2. The lowest BCUT2D eigenvalue weighted by atomic mass is 10.2. The molecule has 12 heteroatoms. The monoisotopic (exact) mass is 419 g/mol. The van der Waals surface area contributed by atoms with E-state index in [1.807, 2.05) is 0 Å². The van der Waals surface area contributed by atoms with Crippen molar-refractivity contribution in [2.75, 3.05) is 16.9 Å². The third kappa shape index (κ3) is 4.73. The zero-order chi connectivity index (χ0) is 19.6. The van der Waals surface area contributed by atoms with E-state index in [-0.39, 0.29) is 15.8 Å². The molecule has 0 bridgehead atoms. The van der Waals surface area contributed by atoms with Crippen molar-refractivity contribution in [1.29, 1.82) is 0 Å². The van der Waals surface area contributed by atoms with Gasteiger partial charge in [0.2, 0.25) is 5.13 Å². The van der Waals surface area contributed by atoms with E-state index in [0.29, 0.717) is 5.01 Å². The summed E-state index contributed by atoms with van der Waals surface area (Å²) < 4.78 is 44.6. The van der Waals surface area contributed by atoms with Gasteiger partial charge in [-0.25, -0.2) is 5.01 Å². The van der Waals surface area contributed by atoms with Crippen LogP contribution in [0.25, 0.3) is 0 Å². The van der Waals surface area contributed by atoms with Crippen LogP contribution in [0.1, 0.15) is 11.4 Å². The Balaban J connectivity index is 1.71. The molecular formula is C15H13ClF3N5O2S. The van der Waals surface area contributed by atoms with Crippen LogP contribution in [-0.4, -0.2) is 40.8 Å². The minimum Gasteiger partial charge on any atom is -0.346 e. The first kappa shape index (κ1) is 19.5. The Morgan fingerprint density at radius 1 is 1.41 bits per heavy atom. The van der Waals surface area contributed by atoms with Crippen LogP contribution in [0.2, 0.25) is 5.02 Å². The highest BCUT2D eigenvalue weighted by molar-refractivity contribution is 7.15. The van der Waals surface area contributed by atoms with Gasteiger partial charge in [0, 0.05) is 6.42 Å². The molecule has 1 unspecified atom stereocenters. The first-order valence-corrected chi connectivity index (χ1v) is 8.83. The smallest absolute Gasteiger partial charge is 0.346 e. The fourth-order valence-electron chi connectivity index (χ4n) is 2.31. The Morgan fingerprint density at radius 2 is 2.15 bits per heavy atom. The van der Waals surface area contributed by atoms with Gasteiger partial charge in [0.25, 0.3) is 5.91 Å². The van der Waals surface area contributed by atoms with Gasteiger partial charge in [0.15, 0.2) is 6.23 Å². The van der Waals surface area contributed by atoms with Gasteiger partial charge in [-0.3, -0.25) is 10.1 Å². The molecule has 0 fully saturated rings. The highest BCUT2D eigenvalue weighted by atomic mass is 35.5. The van der Waals surface area contributed by atoms with Gasteiger partial charge in [0.1, 0.15) is 17.3 Å². The van der Waals surface area contributed by atoms with Crippen LogP contribution in [0.15, 0.2) is 29.4 Å². The first-order valence-electron chi connectivity index (χ1n) is 7.64. The third-order valence-corrected chi connectivity index (χ3v) is 4.55. The number of ether oxygens (including phenoxy) is 1. The number of para-hydroxylation sites is 1. The molecule has 0 aliphatic carbocycles. The lowest BCUT2D eigenvalue weighted by molar-refractivity contribution is -0.122. The zero-order valence-corrected chi connectivity index (χ0v) is 15.4. The van der Waals surface area contributed by atoms with E-state index in [4.69, 9.17) is 16.3 Å². The van der Waals surface area contributed by atoms with Crippen molar-refractivity contribution in [1.82, 2.24) is 10.2 Å². The number of carbonyl (C=O) groups excluding carboxylic acids is 1. The quantitative estimate of drug-likeness (QED) is 0.800. The fourth-order valence-corrected chi connectivity index (χ4v) is 3.14. The summed E-state index contributed by atoms with van der Waals surface area (Å²) in [6, 6.07) is 6.30. The maximum absolute atomic E-state index is 13.1. The third-order valence-electron chi connectivity index (χ3n) is 3.47. The Hall–Kier alpha value is -2.24. The summed E-state index contributed by atoms with van der Waals surface area (Å²) in [7, 11) is 0. The molecule has 0 saturated carbocycles. The van der Waals surface area contributed by atoms with E-state index in [2.05, 4.69) is 20.6 Å². The van der Waals surface area contributed by atoms with Crippen molar-refractivity contribution < 1.29 is 22.7 Å². The van der Waals surface area contributed by atoms with Crippen LogP contribution in [0, 0.1) is 6.92 Å². The standard InChI is InChI=1S/C15H13ClF3N5O2S/c1-8-21-22-14(27-8)20-12(25)7-26-13-6-11(15(17,18)19)23-24(13)10-5-3-2-4-9(10)16/h2-5,13H,6-7H2,1H3,(H,20,22,25). The van der Waals surface area contributed by atoms with Crippen LogP contribution < -0.4 is 10.3 Å². The van der Waals surface area contributed by atoms with Crippen molar-refractivity contribution in [3.63, 3.8) is 0 Å². The average molecular weight is 420 g/mol. The summed E-state index contributed by atoms with van der Waals surface area (Å²) in [5.74, 6) is -0.564. The predicted octanol–water partition coefficient (Wildman–Crippen LogP) is 3.61. The average Bonchev–Trinajstić information content (AvgIpc) is 3.19. The molecule has 1 aliphatic rings. The molecule has 2 heterocycles. The maximum Gasteiger partial charge on any atom is 0.431 e. The number of aryl methyl sites for hydroxylation is 1. The van der Waals surface area contributed by atoms with Crippen LogP contribution >= 0.6 is 22.9 Å². The van der Waals surface area contributed by atoms with Crippen molar-refractivity contribution in [2.45, 2.75) is 25.7 Å². The van der Waals surface area contributed by atoms with Crippen LogP contribution in [0.4, 0.5) is 24.0 Å². The lowest BCUT2D eigenvalue weighted by Crippen LogP contribution is -2.33. The number of hydrazone groups is 1. The van der Waals surface area contributed by atoms with E-state index in [1.54, 1.807) is 19.1 Å². The summed E-state index contributed by atoms with van der Waals surface area (Å²) >= 11 is 7.23. The van der Waals surface area contributed by atoms with Gasteiger partial charge in [-0.05, 0) is 19.1 Å². The lowest BCUT2D eigenvalue weighted by Gasteiger charge is -2.24. The Morgan fingerprint density at radius 3 is 2.78 bits per heavy atom. The Labute approximate surface area is 160 Å². The number of benzene rings is 1. The van der Waals surface area contributed by atoms with Crippen LogP contribution in [0.5, 0.6) is 0 Å². The van der Waals surface area contributed by atoms with Crippen molar-refractivity contribution >= 4 is 45.4 Å². The molecule has 1 atom stereocenters. The number of nitrogens with zero attached hydrogens (tertiary/aromatic N) is 4. The zero-order valence-electron chi connectivity index (χ0n) is 13.8. The van der Waals surface area contributed by atoms with Gasteiger partial charge < -0.3 is 4.74 Å². The molecule has 1 aromatic carbocycles. The second-order valence-corrected chi connectivity index (χ2v) is 7.07. The molecule has 144 valence electrons. The molecule has 0 radical (unpaired) electrons. The molecule has 7 nitrogen and oxygen atoms in total. The van der Waals surface area contributed by atoms with Crippen LogP contribution in [0.3, 0.4) is 0 Å². The summed E-state index contributed by atoms with van der Waals surface area (Å²) in [6.45, 7) is 1.24. The second kappa shape index (κ2) is 7.79. The number of hydrogen-bond acceptors (Lipinski definition) is 7. The van der Waals surface area contributed by atoms with Crippen molar-refractivity contribution in [3.05, 3.63) is 34.3 Å². The highest BCUT2D eigenvalue weighted by Crippen LogP contribution is 2.35. The summed E-state index contributed by atoms with van der Waals surface area (Å²) in [5.41, 5.74) is -0.754. The molecule has 0 saturated heterocycles. The minimum absolute atomic E-state index is 0.215. The number of aromatic nitrogens is 2. The summed E-state index contributed by atoms with van der Waals surface area (Å²) in [4.78, 5) is 12.0.